The molecule has 0 saturated carbocycles. The molecule has 0 unspecified atom stereocenters. The predicted molar refractivity (Wildman–Crippen MR) is 98.3 cm³/mol. The van der Waals surface area contributed by atoms with Gasteiger partial charge in [-0.05, 0) is 49.6 Å². The number of benzene rings is 1. The second-order valence-electron chi connectivity index (χ2n) is 5.94. The first-order chi connectivity index (χ1) is 12.2. The summed E-state index contributed by atoms with van der Waals surface area (Å²) in [6.07, 6.45) is 5.41. The third-order valence-corrected chi connectivity index (χ3v) is 4.19. The number of hydrogen-bond acceptors (Lipinski definition) is 3. The van der Waals surface area contributed by atoms with Gasteiger partial charge in [0.1, 0.15) is 11.4 Å². The van der Waals surface area contributed by atoms with E-state index in [4.69, 9.17) is 4.74 Å². The van der Waals surface area contributed by atoms with Gasteiger partial charge in [0.05, 0.1) is 6.61 Å². The molecule has 1 amide bonds. The fourth-order valence-corrected chi connectivity index (χ4v) is 2.93. The van der Waals surface area contributed by atoms with Crippen LogP contribution in [0, 0.1) is 0 Å². The second-order valence-corrected chi connectivity index (χ2v) is 5.94. The minimum atomic E-state index is -0.216. The van der Waals surface area contributed by atoms with Crippen LogP contribution in [0.3, 0.4) is 0 Å². The van der Waals surface area contributed by atoms with Crippen LogP contribution in [0.25, 0.3) is 11.8 Å². The minimum absolute atomic E-state index is 0.111. The maximum atomic E-state index is 12.9. The molecular weight excluding hydrogens is 316 g/mol. The largest absolute Gasteiger partial charge is 0.494 e. The highest BCUT2D eigenvalue weighted by Gasteiger charge is 2.23. The number of hydrogen-bond donors (Lipinski definition) is 0. The van der Waals surface area contributed by atoms with Crippen LogP contribution in [0.2, 0.25) is 0 Å². The van der Waals surface area contributed by atoms with Gasteiger partial charge in [0, 0.05) is 25.4 Å². The summed E-state index contributed by atoms with van der Waals surface area (Å²) in [7, 11) is 0. The maximum absolute atomic E-state index is 12.9. The maximum Gasteiger partial charge on any atom is 0.270 e. The summed E-state index contributed by atoms with van der Waals surface area (Å²) in [4.78, 5) is 27.0. The highest BCUT2D eigenvalue weighted by Crippen LogP contribution is 2.19. The van der Waals surface area contributed by atoms with E-state index in [0.717, 1.165) is 37.2 Å². The highest BCUT2D eigenvalue weighted by atomic mass is 16.5. The Labute approximate surface area is 147 Å². The molecular formula is C20H22N2O3. The Morgan fingerprint density at radius 3 is 2.48 bits per heavy atom. The molecule has 0 spiro atoms. The van der Waals surface area contributed by atoms with Crippen molar-refractivity contribution in [2.45, 2.75) is 19.8 Å². The van der Waals surface area contributed by atoms with Crippen molar-refractivity contribution < 1.29 is 9.53 Å². The lowest BCUT2D eigenvalue weighted by Crippen LogP contribution is -2.33. The summed E-state index contributed by atoms with van der Waals surface area (Å²) in [5.41, 5.74) is 1.01. The fourth-order valence-electron chi connectivity index (χ4n) is 2.93. The van der Waals surface area contributed by atoms with Crippen LogP contribution in [-0.2, 0) is 4.79 Å². The van der Waals surface area contributed by atoms with Crippen LogP contribution in [0.1, 0.15) is 25.3 Å². The minimum Gasteiger partial charge on any atom is -0.494 e. The lowest BCUT2D eigenvalue weighted by molar-refractivity contribution is -0.124. The van der Waals surface area contributed by atoms with Gasteiger partial charge in [0.15, 0.2) is 0 Å². The third-order valence-electron chi connectivity index (χ3n) is 4.19. The SMILES string of the molecule is CCOc1ccc(/C=C(\C(=O)N2CCCC2)n2ccccc2=O)cc1. The average Bonchev–Trinajstić information content (AvgIpc) is 3.16. The molecule has 1 aliphatic rings. The second kappa shape index (κ2) is 7.83. The molecule has 1 fully saturated rings. The summed E-state index contributed by atoms with van der Waals surface area (Å²) in [5, 5.41) is 0. The number of likely N-dealkylation sites (tertiary alicyclic amines) is 1. The van der Waals surface area contributed by atoms with E-state index in [-0.39, 0.29) is 11.5 Å². The Balaban J connectivity index is 1.99. The number of pyridine rings is 1. The number of carbonyl (C=O) groups is 1. The molecule has 5 nitrogen and oxygen atoms in total. The fraction of sp³-hybridized carbons (Fsp3) is 0.300. The molecule has 130 valence electrons. The summed E-state index contributed by atoms with van der Waals surface area (Å²) < 4.78 is 6.86. The summed E-state index contributed by atoms with van der Waals surface area (Å²) in [6.45, 7) is 4.01. The molecule has 0 bridgehead atoms. The van der Waals surface area contributed by atoms with Gasteiger partial charge >= 0.3 is 0 Å². The van der Waals surface area contributed by atoms with Crippen molar-refractivity contribution >= 4 is 17.7 Å². The predicted octanol–water partition coefficient (Wildman–Crippen LogP) is 2.87. The van der Waals surface area contributed by atoms with Crippen LogP contribution in [-0.4, -0.2) is 35.1 Å². The van der Waals surface area contributed by atoms with E-state index in [2.05, 4.69) is 0 Å². The first-order valence-corrected chi connectivity index (χ1v) is 8.61. The van der Waals surface area contributed by atoms with Crippen LogP contribution in [0.15, 0.2) is 53.5 Å². The molecule has 2 heterocycles. The van der Waals surface area contributed by atoms with E-state index < -0.39 is 0 Å². The molecule has 1 saturated heterocycles. The van der Waals surface area contributed by atoms with Gasteiger partial charge in [0.25, 0.3) is 11.5 Å². The zero-order valence-electron chi connectivity index (χ0n) is 14.4. The van der Waals surface area contributed by atoms with Gasteiger partial charge in [-0.2, -0.15) is 0 Å². The zero-order valence-corrected chi connectivity index (χ0v) is 14.4. The Morgan fingerprint density at radius 1 is 1.12 bits per heavy atom. The van der Waals surface area contributed by atoms with Crippen molar-refractivity contribution in [3.8, 4) is 5.75 Å². The molecule has 1 aromatic carbocycles. The van der Waals surface area contributed by atoms with Crippen LogP contribution < -0.4 is 10.3 Å². The van der Waals surface area contributed by atoms with Crippen molar-refractivity contribution in [2.24, 2.45) is 0 Å². The van der Waals surface area contributed by atoms with Gasteiger partial charge < -0.3 is 9.64 Å². The summed E-state index contributed by atoms with van der Waals surface area (Å²) in [6, 6.07) is 12.4. The Bertz CT molecular complexity index is 815. The average molecular weight is 338 g/mol. The molecule has 0 N–H and O–H groups in total. The number of rotatable bonds is 5. The first-order valence-electron chi connectivity index (χ1n) is 8.61. The molecule has 0 aliphatic carbocycles. The van der Waals surface area contributed by atoms with Crippen LogP contribution in [0.4, 0.5) is 0 Å². The van der Waals surface area contributed by atoms with Gasteiger partial charge in [-0.3, -0.25) is 14.2 Å². The van der Waals surface area contributed by atoms with Crippen molar-refractivity contribution in [1.82, 2.24) is 9.47 Å². The normalized spacial score (nSPS) is 14.6. The van der Waals surface area contributed by atoms with Crippen molar-refractivity contribution in [3.05, 3.63) is 64.6 Å². The van der Waals surface area contributed by atoms with E-state index in [0.29, 0.717) is 12.3 Å². The highest BCUT2D eigenvalue weighted by molar-refractivity contribution is 6.18. The van der Waals surface area contributed by atoms with Crippen LogP contribution >= 0.6 is 0 Å². The van der Waals surface area contributed by atoms with E-state index in [1.807, 2.05) is 31.2 Å². The molecule has 1 aliphatic heterocycles. The molecule has 3 rings (SSSR count). The monoisotopic (exact) mass is 338 g/mol. The van der Waals surface area contributed by atoms with Gasteiger partial charge in [-0.25, -0.2) is 0 Å². The third kappa shape index (κ3) is 3.99. The Morgan fingerprint density at radius 2 is 1.84 bits per heavy atom. The Hall–Kier alpha value is -2.82. The van der Waals surface area contributed by atoms with Gasteiger partial charge in [-0.15, -0.1) is 0 Å². The summed E-state index contributed by atoms with van der Waals surface area (Å²) in [5.74, 6) is 0.670. The molecule has 5 heteroatoms. The Kier molecular flexibility index (Phi) is 5.33. The number of amides is 1. The lowest BCUT2D eigenvalue weighted by Gasteiger charge is -2.18. The van der Waals surface area contributed by atoms with Crippen LogP contribution in [0.5, 0.6) is 5.75 Å². The quantitative estimate of drug-likeness (QED) is 0.788. The molecule has 1 aromatic heterocycles. The van der Waals surface area contributed by atoms with Crippen molar-refractivity contribution in [1.29, 1.82) is 0 Å². The summed E-state index contributed by atoms with van der Waals surface area (Å²) >= 11 is 0. The molecule has 2 aromatic rings. The standard InChI is InChI=1S/C20H22N2O3/c1-2-25-17-10-8-16(9-11-17)15-18(20(24)21-12-5-6-13-21)22-14-4-3-7-19(22)23/h3-4,7-11,14-15H,2,5-6,12-13H2,1H3/b18-15+. The smallest absolute Gasteiger partial charge is 0.270 e. The van der Waals surface area contributed by atoms with E-state index >= 15 is 0 Å². The van der Waals surface area contributed by atoms with Crippen molar-refractivity contribution in [3.63, 3.8) is 0 Å². The first kappa shape index (κ1) is 17.0. The van der Waals surface area contributed by atoms with Gasteiger partial charge in [0.2, 0.25) is 0 Å². The molecule has 0 atom stereocenters. The number of carbonyl (C=O) groups excluding carboxylic acids is 1. The molecule has 0 radical (unpaired) electrons. The lowest BCUT2D eigenvalue weighted by atomic mass is 10.1. The number of nitrogens with zero attached hydrogens (tertiary/aromatic N) is 2. The zero-order chi connectivity index (χ0) is 17.6. The topological polar surface area (TPSA) is 51.5 Å². The van der Waals surface area contributed by atoms with Crippen molar-refractivity contribution in [2.75, 3.05) is 19.7 Å². The van der Waals surface area contributed by atoms with E-state index in [1.54, 1.807) is 29.3 Å². The van der Waals surface area contributed by atoms with Gasteiger partial charge in [-0.1, -0.05) is 18.2 Å². The van der Waals surface area contributed by atoms with E-state index in [1.165, 1.54) is 10.6 Å². The molecule has 25 heavy (non-hydrogen) atoms. The number of aromatic nitrogens is 1. The number of ether oxygens (including phenoxy) is 1. The van der Waals surface area contributed by atoms with E-state index in [9.17, 15) is 9.59 Å².